The summed E-state index contributed by atoms with van der Waals surface area (Å²) < 4.78 is 17.0. The summed E-state index contributed by atoms with van der Waals surface area (Å²) in [6, 6.07) is 15.6. The second-order valence-corrected chi connectivity index (χ2v) is 6.58. The normalized spacial score (nSPS) is 19.9. The Bertz CT molecular complexity index is 744. The van der Waals surface area contributed by atoms with Gasteiger partial charge in [-0.1, -0.05) is 42.0 Å². The minimum atomic E-state index is -0.116. The number of nitrogens with zero attached hydrogens (tertiary/aromatic N) is 1. The number of aryl methyl sites for hydroxylation is 1. The Morgan fingerprint density at radius 3 is 2.50 bits per heavy atom. The molecule has 5 heteroatoms. The summed E-state index contributed by atoms with van der Waals surface area (Å²) >= 11 is 0. The molecule has 2 aromatic carbocycles. The number of methoxy groups -OCH3 is 1. The van der Waals surface area contributed by atoms with Crippen LogP contribution in [0.3, 0.4) is 0 Å². The van der Waals surface area contributed by atoms with Crippen molar-refractivity contribution in [3.8, 4) is 11.5 Å². The van der Waals surface area contributed by atoms with Gasteiger partial charge in [-0.25, -0.2) is 0 Å². The quantitative estimate of drug-likeness (QED) is 0.825. The SMILES string of the molecule is COc1ccccc1OCC(=O)N1CC(C)OC(c2ccc(C)cc2)C1. The number of carbonyl (C=O) groups excluding carboxylic acids is 1. The van der Waals surface area contributed by atoms with Crippen LogP contribution >= 0.6 is 0 Å². The average molecular weight is 355 g/mol. The Hall–Kier alpha value is -2.53. The second-order valence-electron chi connectivity index (χ2n) is 6.58. The molecule has 2 unspecified atom stereocenters. The van der Waals surface area contributed by atoms with Crippen LogP contribution in [0.4, 0.5) is 0 Å². The third-order valence-corrected chi connectivity index (χ3v) is 4.48. The molecule has 0 radical (unpaired) electrons. The van der Waals surface area contributed by atoms with Gasteiger partial charge in [-0.15, -0.1) is 0 Å². The minimum absolute atomic E-state index is 0.0201. The lowest BCUT2D eigenvalue weighted by Gasteiger charge is -2.37. The minimum Gasteiger partial charge on any atom is -0.493 e. The monoisotopic (exact) mass is 355 g/mol. The van der Waals surface area contributed by atoms with Gasteiger partial charge < -0.3 is 19.1 Å². The zero-order chi connectivity index (χ0) is 18.5. The summed E-state index contributed by atoms with van der Waals surface area (Å²) in [5.74, 6) is 1.14. The Morgan fingerprint density at radius 2 is 1.81 bits per heavy atom. The van der Waals surface area contributed by atoms with Gasteiger partial charge in [0.05, 0.1) is 19.8 Å². The Labute approximate surface area is 154 Å². The van der Waals surface area contributed by atoms with Crippen molar-refractivity contribution in [2.24, 2.45) is 0 Å². The van der Waals surface area contributed by atoms with E-state index in [-0.39, 0.29) is 24.7 Å². The van der Waals surface area contributed by atoms with E-state index in [2.05, 4.69) is 31.2 Å². The van der Waals surface area contributed by atoms with Gasteiger partial charge in [0.2, 0.25) is 0 Å². The molecule has 2 atom stereocenters. The molecule has 138 valence electrons. The smallest absolute Gasteiger partial charge is 0.260 e. The van der Waals surface area contributed by atoms with Crippen LogP contribution in [0.15, 0.2) is 48.5 Å². The summed E-state index contributed by atoms with van der Waals surface area (Å²) in [4.78, 5) is 14.5. The molecule has 1 aliphatic heterocycles. The zero-order valence-electron chi connectivity index (χ0n) is 15.5. The standard InChI is InChI=1S/C21H25NO4/c1-15-8-10-17(11-9-15)20-13-22(12-16(2)26-20)21(23)14-25-19-7-5-4-6-18(19)24-3/h4-11,16,20H,12-14H2,1-3H3. The first kappa shape index (κ1) is 18.3. The van der Waals surface area contributed by atoms with Crippen molar-refractivity contribution in [3.05, 3.63) is 59.7 Å². The van der Waals surface area contributed by atoms with Crippen LogP contribution in [0.5, 0.6) is 11.5 Å². The molecule has 1 amide bonds. The van der Waals surface area contributed by atoms with Gasteiger partial charge in [0.15, 0.2) is 18.1 Å². The molecule has 1 aliphatic rings. The van der Waals surface area contributed by atoms with Gasteiger partial charge in [-0.3, -0.25) is 4.79 Å². The highest BCUT2D eigenvalue weighted by Crippen LogP contribution is 2.27. The van der Waals surface area contributed by atoms with Crippen molar-refractivity contribution in [2.75, 3.05) is 26.8 Å². The number of rotatable bonds is 5. The molecule has 26 heavy (non-hydrogen) atoms. The van der Waals surface area contributed by atoms with E-state index in [0.717, 1.165) is 5.56 Å². The van der Waals surface area contributed by atoms with Gasteiger partial charge in [-0.2, -0.15) is 0 Å². The highest BCUT2D eigenvalue weighted by atomic mass is 16.5. The van der Waals surface area contributed by atoms with E-state index in [1.807, 2.05) is 30.0 Å². The molecule has 1 fully saturated rings. The number of amides is 1. The lowest BCUT2D eigenvalue weighted by molar-refractivity contribution is -0.146. The van der Waals surface area contributed by atoms with E-state index in [0.29, 0.717) is 24.6 Å². The van der Waals surface area contributed by atoms with Crippen LogP contribution in [0.25, 0.3) is 0 Å². The maximum atomic E-state index is 12.7. The fraction of sp³-hybridized carbons (Fsp3) is 0.381. The molecular formula is C21H25NO4. The van der Waals surface area contributed by atoms with Gasteiger partial charge in [-0.05, 0) is 31.5 Å². The number of hydrogen-bond acceptors (Lipinski definition) is 4. The molecule has 3 rings (SSSR count). The first-order valence-corrected chi connectivity index (χ1v) is 8.82. The molecule has 0 spiro atoms. The molecule has 0 saturated carbocycles. The lowest BCUT2D eigenvalue weighted by Crippen LogP contribution is -2.47. The summed E-state index contributed by atoms with van der Waals surface area (Å²) in [6.45, 7) is 5.12. The Morgan fingerprint density at radius 1 is 1.12 bits per heavy atom. The van der Waals surface area contributed by atoms with Crippen molar-refractivity contribution in [3.63, 3.8) is 0 Å². The van der Waals surface area contributed by atoms with E-state index >= 15 is 0 Å². The third kappa shape index (κ3) is 4.35. The predicted molar refractivity (Wildman–Crippen MR) is 99.5 cm³/mol. The molecule has 0 bridgehead atoms. The molecule has 0 aromatic heterocycles. The molecule has 5 nitrogen and oxygen atoms in total. The molecule has 0 aliphatic carbocycles. The summed E-state index contributed by atoms with van der Waals surface area (Å²) in [7, 11) is 1.58. The summed E-state index contributed by atoms with van der Waals surface area (Å²) in [6.07, 6.45) is -0.139. The number of ether oxygens (including phenoxy) is 3. The maximum absolute atomic E-state index is 12.7. The number of hydrogen-bond donors (Lipinski definition) is 0. The average Bonchev–Trinajstić information content (AvgIpc) is 2.66. The van der Waals surface area contributed by atoms with Crippen LogP contribution in [0.1, 0.15) is 24.2 Å². The first-order valence-electron chi connectivity index (χ1n) is 8.82. The van der Waals surface area contributed by atoms with Crippen LogP contribution in [-0.4, -0.2) is 43.7 Å². The van der Waals surface area contributed by atoms with Crippen LogP contribution < -0.4 is 9.47 Å². The van der Waals surface area contributed by atoms with E-state index < -0.39 is 0 Å². The van der Waals surface area contributed by atoms with Gasteiger partial charge in [0, 0.05) is 6.54 Å². The van der Waals surface area contributed by atoms with Crippen molar-refractivity contribution in [1.82, 2.24) is 4.90 Å². The number of carbonyl (C=O) groups is 1. The molecular weight excluding hydrogens is 330 g/mol. The number of benzene rings is 2. The highest BCUT2D eigenvalue weighted by molar-refractivity contribution is 5.78. The maximum Gasteiger partial charge on any atom is 0.260 e. The Kier molecular flexibility index (Phi) is 5.78. The van der Waals surface area contributed by atoms with Crippen molar-refractivity contribution >= 4 is 5.91 Å². The lowest BCUT2D eigenvalue weighted by atomic mass is 10.0. The molecule has 1 saturated heterocycles. The second kappa shape index (κ2) is 8.23. The van der Waals surface area contributed by atoms with Crippen LogP contribution in [0.2, 0.25) is 0 Å². The fourth-order valence-corrected chi connectivity index (χ4v) is 3.09. The van der Waals surface area contributed by atoms with E-state index in [1.54, 1.807) is 13.2 Å². The first-order chi connectivity index (χ1) is 12.6. The molecule has 2 aromatic rings. The predicted octanol–water partition coefficient (Wildman–Crippen LogP) is 3.37. The highest BCUT2D eigenvalue weighted by Gasteiger charge is 2.29. The summed E-state index contributed by atoms with van der Waals surface area (Å²) in [5.41, 5.74) is 2.29. The van der Waals surface area contributed by atoms with Crippen LogP contribution in [0, 0.1) is 6.92 Å². The van der Waals surface area contributed by atoms with E-state index in [9.17, 15) is 4.79 Å². The van der Waals surface area contributed by atoms with Crippen molar-refractivity contribution < 1.29 is 19.0 Å². The number of morpholine rings is 1. The van der Waals surface area contributed by atoms with Gasteiger partial charge >= 0.3 is 0 Å². The van der Waals surface area contributed by atoms with Gasteiger partial charge in [0.1, 0.15) is 6.10 Å². The van der Waals surface area contributed by atoms with Crippen molar-refractivity contribution in [1.29, 1.82) is 0 Å². The summed E-state index contributed by atoms with van der Waals surface area (Å²) in [5, 5.41) is 0. The van der Waals surface area contributed by atoms with Crippen LogP contribution in [-0.2, 0) is 9.53 Å². The van der Waals surface area contributed by atoms with Crippen molar-refractivity contribution in [2.45, 2.75) is 26.1 Å². The molecule has 0 N–H and O–H groups in total. The van der Waals surface area contributed by atoms with E-state index in [1.165, 1.54) is 5.56 Å². The molecule has 1 heterocycles. The fourth-order valence-electron chi connectivity index (χ4n) is 3.09. The largest absolute Gasteiger partial charge is 0.493 e. The topological polar surface area (TPSA) is 48.0 Å². The van der Waals surface area contributed by atoms with E-state index in [4.69, 9.17) is 14.2 Å². The Balaban J connectivity index is 1.64. The zero-order valence-corrected chi connectivity index (χ0v) is 15.5. The number of para-hydroxylation sites is 2. The van der Waals surface area contributed by atoms with Gasteiger partial charge in [0.25, 0.3) is 5.91 Å². The third-order valence-electron chi connectivity index (χ3n) is 4.48.